The number of fused-ring (bicyclic) bond motifs is 2. The molecule has 0 bridgehead atoms. The third-order valence-corrected chi connectivity index (χ3v) is 4.78. The molecule has 0 saturated carbocycles. The van der Waals surface area contributed by atoms with Crippen molar-refractivity contribution in [1.29, 1.82) is 0 Å². The van der Waals surface area contributed by atoms with Crippen molar-refractivity contribution in [2.24, 2.45) is 0 Å². The summed E-state index contributed by atoms with van der Waals surface area (Å²) in [5.41, 5.74) is 1.85. The van der Waals surface area contributed by atoms with Crippen molar-refractivity contribution in [2.45, 2.75) is 26.5 Å². The van der Waals surface area contributed by atoms with Gasteiger partial charge in [0.1, 0.15) is 18.3 Å². The standard InChI is InChI=1S/C21H17N3O5/c1-12-7-8-17-22-14(9-18(25)23(17)10-12)11-29-21(28)13(2)24-19(26)15-5-3-4-6-16(15)20(24)27/h3-10,13H,11H2,1-2H3/t13-/m1/s1. The summed E-state index contributed by atoms with van der Waals surface area (Å²) < 4.78 is 6.63. The lowest BCUT2D eigenvalue weighted by molar-refractivity contribution is -0.149. The van der Waals surface area contributed by atoms with Gasteiger partial charge >= 0.3 is 5.97 Å². The average molecular weight is 391 g/mol. The fraction of sp³-hybridized carbons (Fsp3) is 0.190. The van der Waals surface area contributed by atoms with Crippen molar-refractivity contribution < 1.29 is 19.1 Å². The summed E-state index contributed by atoms with van der Waals surface area (Å²) in [5.74, 6) is -1.83. The van der Waals surface area contributed by atoms with E-state index in [1.165, 1.54) is 17.4 Å². The fourth-order valence-electron chi connectivity index (χ4n) is 3.26. The molecule has 1 aliphatic heterocycles. The molecule has 146 valence electrons. The molecule has 8 heteroatoms. The number of aryl methyl sites for hydroxylation is 1. The smallest absolute Gasteiger partial charge is 0.329 e. The molecule has 1 aliphatic rings. The Morgan fingerprint density at radius 1 is 1.07 bits per heavy atom. The second-order valence-electron chi connectivity index (χ2n) is 6.83. The molecule has 0 N–H and O–H groups in total. The molecular weight excluding hydrogens is 374 g/mol. The summed E-state index contributed by atoms with van der Waals surface area (Å²) in [6.07, 6.45) is 1.67. The number of nitrogens with zero attached hydrogens (tertiary/aromatic N) is 3. The van der Waals surface area contributed by atoms with Gasteiger partial charge in [-0.2, -0.15) is 0 Å². The molecule has 1 atom stereocenters. The van der Waals surface area contributed by atoms with E-state index >= 15 is 0 Å². The van der Waals surface area contributed by atoms with Gasteiger partial charge in [0.2, 0.25) is 0 Å². The highest BCUT2D eigenvalue weighted by molar-refractivity contribution is 6.22. The number of hydrogen-bond donors (Lipinski definition) is 0. The maximum atomic E-state index is 12.5. The highest BCUT2D eigenvalue weighted by Crippen LogP contribution is 2.24. The molecule has 3 heterocycles. The van der Waals surface area contributed by atoms with Gasteiger partial charge in [-0.25, -0.2) is 9.78 Å². The Hall–Kier alpha value is -3.81. The number of hydrogen-bond acceptors (Lipinski definition) is 6. The first-order valence-corrected chi connectivity index (χ1v) is 8.99. The lowest BCUT2D eigenvalue weighted by Crippen LogP contribution is -2.43. The van der Waals surface area contributed by atoms with E-state index in [-0.39, 0.29) is 29.0 Å². The van der Waals surface area contributed by atoms with Crippen molar-refractivity contribution in [3.05, 3.63) is 81.4 Å². The maximum Gasteiger partial charge on any atom is 0.329 e. The largest absolute Gasteiger partial charge is 0.458 e. The SMILES string of the molecule is Cc1ccc2nc(COC(=O)[C@@H](C)N3C(=O)c4ccccc4C3=O)cc(=O)n2c1. The third kappa shape index (κ3) is 3.18. The van der Waals surface area contributed by atoms with Gasteiger partial charge in [0.05, 0.1) is 16.8 Å². The summed E-state index contributed by atoms with van der Waals surface area (Å²) in [6, 6.07) is 10.1. The van der Waals surface area contributed by atoms with Crippen LogP contribution in [0.2, 0.25) is 0 Å². The fourth-order valence-corrected chi connectivity index (χ4v) is 3.26. The summed E-state index contributed by atoms with van der Waals surface area (Å²) in [7, 11) is 0. The molecule has 3 aromatic rings. The second kappa shape index (κ2) is 6.97. The van der Waals surface area contributed by atoms with Crippen molar-refractivity contribution in [2.75, 3.05) is 0 Å². The molecule has 4 rings (SSSR count). The van der Waals surface area contributed by atoms with Crippen LogP contribution in [0.25, 0.3) is 5.65 Å². The number of ether oxygens (including phenoxy) is 1. The molecule has 29 heavy (non-hydrogen) atoms. The predicted octanol–water partition coefficient (Wildman–Crippen LogP) is 1.73. The van der Waals surface area contributed by atoms with E-state index in [9.17, 15) is 19.2 Å². The monoisotopic (exact) mass is 391 g/mol. The van der Waals surface area contributed by atoms with Crippen LogP contribution in [0.5, 0.6) is 0 Å². The summed E-state index contributed by atoms with van der Waals surface area (Å²) in [4.78, 5) is 54.9. The highest BCUT2D eigenvalue weighted by atomic mass is 16.5. The molecule has 1 aromatic carbocycles. The summed E-state index contributed by atoms with van der Waals surface area (Å²) in [5, 5.41) is 0. The molecular formula is C21H17N3O5. The van der Waals surface area contributed by atoms with Crippen LogP contribution in [0, 0.1) is 6.92 Å². The van der Waals surface area contributed by atoms with Gasteiger partial charge in [0.15, 0.2) is 0 Å². The second-order valence-corrected chi connectivity index (χ2v) is 6.83. The first-order valence-electron chi connectivity index (χ1n) is 8.99. The number of esters is 1. The van der Waals surface area contributed by atoms with Gasteiger partial charge in [-0.1, -0.05) is 18.2 Å². The minimum absolute atomic E-state index is 0.244. The van der Waals surface area contributed by atoms with Crippen LogP contribution in [0.4, 0.5) is 0 Å². The Bertz CT molecular complexity index is 1200. The number of carbonyl (C=O) groups is 3. The lowest BCUT2D eigenvalue weighted by atomic mass is 10.1. The molecule has 0 aliphatic carbocycles. The number of amides is 2. The summed E-state index contributed by atoms with van der Waals surface area (Å²) >= 11 is 0. The highest BCUT2D eigenvalue weighted by Gasteiger charge is 2.41. The Morgan fingerprint density at radius 2 is 1.72 bits per heavy atom. The number of carbonyl (C=O) groups excluding carboxylic acids is 3. The van der Waals surface area contributed by atoms with Gasteiger partial charge < -0.3 is 4.74 Å². The zero-order chi connectivity index (χ0) is 20.7. The van der Waals surface area contributed by atoms with Crippen LogP contribution in [-0.4, -0.2) is 38.1 Å². The summed E-state index contributed by atoms with van der Waals surface area (Å²) in [6.45, 7) is 3.05. The van der Waals surface area contributed by atoms with E-state index in [4.69, 9.17) is 4.74 Å². The number of aromatic nitrogens is 2. The zero-order valence-corrected chi connectivity index (χ0v) is 15.8. The molecule has 0 spiro atoms. The average Bonchev–Trinajstić information content (AvgIpc) is 2.97. The Kier molecular flexibility index (Phi) is 4.46. The molecule has 0 fully saturated rings. The molecule has 0 radical (unpaired) electrons. The minimum Gasteiger partial charge on any atom is -0.458 e. The Labute approximate surface area is 165 Å². The van der Waals surface area contributed by atoms with E-state index < -0.39 is 23.8 Å². The van der Waals surface area contributed by atoms with E-state index in [2.05, 4.69) is 4.98 Å². The number of benzene rings is 1. The van der Waals surface area contributed by atoms with Crippen molar-refractivity contribution in [1.82, 2.24) is 14.3 Å². The molecule has 2 amide bonds. The Balaban J connectivity index is 1.50. The number of pyridine rings is 1. The third-order valence-electron chi connectivity index (χ3n) is 4.78. The van der Waals surface area contributed by atoms with Gasteiger partial charge in [0, 0.05) is 12.3 Å². The van der Waals surface area contributed by atoms with Crippen LogP contribution in [0.1, 0.15) is 38.9 Å². The van der Waals surface area contributed by atoms with Gasteiger partial charge in [-0.05, 0) is 37.6 Å². The topological polar surface area (TPSA) is 98.0 Å². The van der Waals surface area contributed by atoms with Crippen molar-refractivity contribution in [3.63, 3.8) is 0 Å². The normalized spacial score (nSPS) is 14.2. The van der Waals surface area contributed by atoms with E-state index in [0.717, 1.165) is 10.5 Å². The van der Waals surface area contributed by atoms with Crippen molar-refractivity contribution in [3.8, 4) is 0 Å². The van der Waals surface area contributed by atoms with E-state index in [1.807, 2.05) is 13.0 Å². The van der Waals surface area contributed by atoms with Crippen LogP contribution in [0.3, 0.4) is 0 Å². The molecule has 2 aromatic heterocycles. The first kappa shape index (κ1) is 18.5. The molecule has 0 saturated heterocycles. The van der Waals surface area contributed by atoms with Gasteiger partial charge in [-0.3, -0.25) is 23.7 Å². The first-order chi connectivity index (χ1) is 13.9. The molecule has 8 nitrogen and oxygen atoms in total. The van der Waals surface area contributed by atoms with Gasteiger partial charge in [0.25, 0.3) is 17.4 Å². The number of imide groups is 1. The predicted molar refractivity (Wildman–Crippen MR) is 102 cm³/mol. The van der Waals surface area contributed by atoms with E-state index in [1.54, 1.807) is 36.5 Å². The van der Waals surface area contributed by atoms with Crippen LogP contribution < -0.4 is 5.56 Å². The van der Waals surface area contributed by atoms with Crippen LogP contribution >= 0.6 is 0 Å². The quantitative estimate of drug-likeness (QED) is 0.496. The van der Waals surface area contributed by atoms with E-state index in [0.29, 0.717) is 5.65 Å². The minimum atomic E-state index is -1.10. The van der Waals surface area contributed by atoms with Gasteiger partial charge in [-0.15, -0.1) is 0 Å². The zero-order valence-electron chi connectivity index (χ0n) is 15.8. The van der Waals surface area contributed by atoms with Crippen LogP contribution in [-0.2, 0) is 16.1 Å². The number of rotatable bonds is 4. The van der Waals surface area contributed by atoms with Crippen molar-refractivity contribution >= 4 is 23.4 Å². The Morgan fingerprint density at radius 3 is 2.38 bits per heavy atom. The maximum absolute atomic E-state index is 12.5. The molecule has 0 unspecified atom stereocenters. The van der Waals surface area contributed by atoms with Crippen LogP contribution in [0.15, 0.2) is 53.5 Å². The lowest BCUT2D eigenvalue weighted by Gasteiger charge is -2.20.